The van der Waals surface area contributed by atoms with Crippen molar-refractivity contribution in [1.29, 1.82) is 0 Å². The Labute approximate surface area is 131 Å². The lowest BCUT2D eigenvalue weighted by Gasteiger charge is -2.37. The zero-order valence-electron chi connectivity index (χ0n) is 14.7. The van der Waals surface area contributed by atoms with Gasteiger partial charge in [-0.15, -0.1) is 0 Å². The molecule has 0 saturated heterocycles. The summed E-state index contributed by atoms with van der Waals surface area (Å²) in [6.07, 6.45) is 3.68. The van der Waals surface area contributed by atoms with Crippen LogP contribution in [0.15, 0.2) is 30.3 Å². The zero-order valence-corrected chi connectivity index (χ0v) is 14.7. The summed E-state index contributed by atoms with van der Waals surface area (Å²) in [5, 5.41) is 3.74. The lowest BCUT2D eigenvalue weighted by atomic mass is 9.86. The molecule has 1 unspecified atom stereocenters. The van der Waals surface area contributed by atoms with Crippen LogP contribution in [0.1, 0.15) is 53.9 Å². The van der Waals surface area contributed by atoms with Crippen molar-refractivity contribution in [2.45, 2.75) is 59.9 Å². The van der Waals surface area contributed by atoms with E-state index in [9.17, 15) is 0 Å². The van der Waals surface area contributed by atoms with Crippen LogP contribution in [-0.2, 0) is 0 Å². The lowest BCUT2D eigenvalue weighted by molar-refractivity contribution is 0.269. The highest BCUT2D eigenvalue weighted by molar-refractivity contribution is 5.46. The second-order valence-corrected chi connectivity index (χ2v) is 7.01. The highest BCUT2D eigenvalue weighted by Crippen LogP contribution is 2.23. The van der Waals surface area contributed by atoms with E-state index in [2.05, 4.69) is 75.2 Å². The molecule has 0 aliphatic heterocycles. The third-order valence-corrected chi connectivity index (χ3v) is 3.99. The lowest BCUT2D eigenvalue weighted by Crippen LogP contribution is -2.49. The van der Waals surface area contributed by atoms with Crippen molar-refractivity contribution in [3.8, 4) is 0 Å². The van der Waals surface area contributed by atoms with Gasteiger partial charge in [-0.1, -0.05) is 59.2 Å². The van der Waals surface area contributed by atoms with E-state index in [1.807, 2.05) is 0 Å². The van der Waals surface area contributed by atoms with Crippen molar-refractivity contribution in [3.63, 3.8) is 0 Å². The third kappa shape index (κ3) is 6.52. The van der Waals surface area contributed by atoms with Crippen molar-refractivity contribution in [2.24, 2.45) is 5.41 Å². The SMILES string of the molecule is CCCCN(CC(NCCC)C(C)(C)C)c1ccccc1. The largest absolute Gasteiger partial charge is 0.370 e. The summed E-state index contributed by atoms with van der Waals surface area (Å²) in [5.41, 5.74) is 1.62. The number of benzene rings is 1. The molecule has 2 heteroatoms. The molecule has 120 valence electrons. The van der Waals surface area contributed by atoms with Crippen molar-refractivity contribution in [1.82, 2.24) is 5.32 Å². The molecule has 1 rings (SSSR count). The summed E-state index contributed by atoms with van der Waals surface area (Å²) in [6.45, 7) is 14.8. The van der Waals surface area contributed by atoms with Crippen molar-refractivity contribution >= 4 is 5.69 Å². The Morgan fingerprint density at radius 1 is 1.05 bits per heavy atom. The molecule has 21 heavy (non-hydrogen) atoms. The molecule has 0 aliphatic rings. The number of hydrogen-bond acceptors (Lipinski definition) is 2. The van der Waals surface area contributed by atoms with Crippen molar-refractivity contribution < 1.29 is 0 Å². The highest BCUT2D eigenvalue weighted by atomic mass is 15.2. The van der Waals surface area contributed by atoms with Gasteiger partial charge in [0.25, 0.3) is 0 Å². The first kappa shape index (κ1) is 18.0. The average molecular weight is 290 g/mol. The molecular weight excluding hydrogens is 256 g/mol. The monoisotopic (exact) mass is 290 g/mol. The Kier molecular flexibility index (Phi) is 7.81. The van der Waals surface area contributed by atoms with Crippen LogP contribution in [-0.4, -0.2) is 25.7 Å². The quantitative estimate of drug-likeness (QED) is 0.708. The highest BCUT2D eigenvalue weighted by Gasteiger charge is 2.26. The standard InChI is InChI=1S/C19H34N2/c1-6-8-15-21(17-12-10-9-11-13-17)16-18(19(3,4)5)20-14-7-2/h9-13,18,20H,6-8,14-16H2,1-5H3. The fraction of sp³-hybridized carbons (Fsp3) is 0.684. The van der Waals surface area contributed by atoms with Gasteiger partial charge in [-0.05, 0) is 36.9 Å². The predicted molar refractivity (Wildman–Crippen MR) is 95.1 cm³/mol. The van der Waals surface area contributed by atoms with Crippen LogP contribution in [0.2, 0.25) is 0 Å². The molecule has 0 bridgehead atoms. The molecule has 0 aliphatic carbocycles. The normalized spacial score (nSPS) is 13.2. The Morgan fingerprint density at radius 2 is 1.71 bits per heavy atom. The summed E-state index contributed by atoms with van der Waals surface area (Å²) in [5.74, 6) is 0. The van der Waals surface area contributed by atoms with Gasteiger partial charge in [0.15, 0.2) is 0 Å². The second kappa shape index (κ2) is 9.09. The molecule has 1 atom stereocenters. The summed E-state index contributed by atoms with van der Waals surface area (Å²) in [7, 11) is 0. The van der Waals surface area contributed by atoms with Gasteiger partial charge in [-0.3, -0.25) is 0 Å². The van der Waals surface area contributed by atoms with Gasteiger partial charge >= 0.3 is 0 Å². The summed E-state index contributed by atoms with van der Waals surface area (Å²) >= 11 is 0. The average Bonchev–Trinajstić information content (AvgIpc) is 2.46. The van der Waals surface area contributed by atoms with E-state index in [0.717, 1.165) is 19.6 Å². The number of anilines is 1. The minimum Gasteiger partial charge on any atom is -0.370 e. The fourth-order valence-electron chi connectivity index (χ4n) is 2.50. The molecule has 0 amide bonds. The Morgan fingerprint density at radius 3 is 2.24 bits per heavy atom. The first-order valence-electron chi connectivity index (χ1n) is 8.52. The smallest absolute Gasteiger partial charge is 0.0366 e. The molecule has 0 heterocycles. The third-order valence-electron chi connectivity index (χ3n) is 3.99. The molecule has 0 fully saturated rings. The number of rotatable bonds is 9. The Bertz CT molecular complexity index is 367. The number of nitrogens with one attached hydrogen (secondary N) is 1. The van der Waals surface area contributed by atoms with Gasteiger partial charge in [0.2, 0.25) is 0 Å². The number of hydrogen-bond donors (Lipinski definition) is 1. The maximum absolute atomic E-state index is 3.74. The minimum atomic E-state index is 0.272. The second-order valence-electron chi connectivity index (χ2n) is 7.01. The van der Waals surface area contributed by atoms with Crippen LogP contribution >= 0.6 is 0 Å². The van der Waals surface area contributed by atoms with E-state index in [-0.39, 0.29) is 5.41 Å². The maximum atomic E-state index is 3.74. The number of unbranched alkanes of at least 4 members (excludes halogenated alkanes) is 1. The molecule has 1 aromatic rings. The van der Waals surface area contributed by atoms with Gasteiger partial charge in [-0.25, -0.2) is 0 Å². The van der Waals surface area contributed by atoms with Crippen LogP contribution in [0.3, 0.4) is 0 Å². The number of para-hydroxylation sites is 1. The maximum Gasteiger partial charge on any atom is 0.0366 e. The molecule has 0 saturated carbocycles. The molecule has 1 N–H and O–H groups in total. The Hall–Kier alpha value is -1.02. The van der Waals surface area contributed by atoms with E-state index in [1.54, 1.807) is 0 Å². The molecule has 0 aromatic heterocycles. The van der Waals surface area contributed by atoms with Gasteiger partial charge in [0.1, 0.15) is 0 Å². The van der Waals surface area contributed by atoms with Crippen LogP contribution in [0, 0.1) is 5.41 Å². The van der Waals surface area contributed by atoms with E-state index in [0.29, 0.717) is 6.04 Å². The van der Waals surface area contributed by atoms with E-state index in [4.69, 9.17) is 0 Å². The van der Waals surface area contributed by atoms with Gasteiger partial charge in [0.05, 0.1) is 0 Å². The summed E-state index contributed by atoms with van der Waals surface area (Å²) < 4.78 is 0. The summed E-state index contributed by atoms with van der Waals surface area (Å²) in [4.78, 5) is 2.54. The molecular formula is C19H34N2. The first-order valence-corrected chi connectivity index (χ1v) is 8.52. The van der Waals surface area contributed by atoms with Crippen LogP contribution < -0.4 is 10.2 Å². The molecule has 2 nitrogen and oxygen atoms in total. The topological polar surface area (TPSA) is 15.3 Å². The van der Waals surface area contributed by atoms with Crippen molar-refractivity contribution in [2.75, 3.05) is 24.5 Å². The number of nitrogens with zero attached hydrogens (tertiary/aromatic N) is 1. The molecule has 1 aromatic carbocycles. The van der Waals surface area contributed by atoms with Crippen LogP contribution in [0.25, 0.3) is 0 Å². The molecule has 0 spiro atoms. The fourth-order valence-corrected chi connectivity index (χ4v) is 2.50. The minimum absolute atomic E-state index is 0.272. The van der Waals surface area contributed by atoms with Gasteiger partial charge in [0, 0.05) is 24.8 Å². The summed E-state index contributed by atoms with van der Waals surface area (Å²) in [6, 6.07) is 11.3. The van der Waals surface area contributed by atoms with E-state index < -0.39 is 0 Å². The van der Waals surface area contributed by atoms with Gasteiger partial charge in [-0.2, -0.15) is 0 Å². The first-order chi connectivity index (χ1) is 9.99. The van der Waals surface area contributed by atoms with E-state index in [1.165, 1.54) is 24.9 Å². The van der Waals surface area contributed by atoms with Crippen LogP contribution in [0.4, 0.5) is 5.69 Å². The zero-order chi connectivity index (χ0) is 15.7. The van der Waals surface area contributed by atoms with Gasteiger partial charge < -0.3 is 10.2 Å². The Balaban J connectivity index is 2.81. The predicted octanol–water partition coefficient (Wildman–Crippen LogP) is 4.71. The van der Waals surface area contributed by atoms with E-state index >= 15 is 0 Å². The van der Waals surface area contributed by atoms with Crippen LogP contribution in [0.5, 0.6) is 0 Å². The molecule has 0 radical (unpaired) electrons. The van der Waals surface area contributed by atoms with Crippen molar-refractivity contribution in [3.05, 3.63) is 30.3 Å².